The van der Waals surface area contributed by atoms with Crippen LogP contribution >= 0.6 is 11.6 Å². The fraction of sp³-hybridized carbons (Fsp3) is 0.455. The maximum atomic E-state index is 15.1. The van der Waals surface area contributed by atoms with Gasteiger partial charge in [0.1, 0.15) is 18.5 Å². The number of hydrogen-bond donors (Lipinski definition) is 4. The summed E-state index contributed by atoms with van der Waals surface area (Å²) in [5.41, 5.74) is -0.268. The molecule has 2 fully saturated rings. The first-order chi connectivity index (χ1) is 23.2. The van der Waals surface area contributed by atoms with E-state index in [0.717, 1.165) is 0 Å². The number of rotatable bonds is 10. The minimum atomic E-state index is -2.76. The molecule has 4 heterocycles. The van der Waals surface area contributed by atoms with Crippen LogP contribution in [0.4, 0.5) is 13.6 Å². The number of carbonyl (C=O) groups is 2. The second-order valence-corrected chi connectivity index (χ2v) is 14.4. The van der Waals surface area contributed by atoms with Gasteiger partial charge in [-0.3, -0.25) is 20.2 Å². The molecule has 260 valence electrons. The molecule has 1 aromatic carbocycles. The zero-order valence-corrected chi connectivity index (χ0v) is 28.2. The SMILES string of the molecule is CC(C)(C)C[C@]1(C2(C)C=CC(c3cnn(C(F)F)c3)=CC2)NC(=N)N([C@H](COC(=O)NC2COC2)c2ccc(Cl)c(-c3ncn[nH]3)c2)C1=O. The smallest absolute Gasteiger partial charge is 0.407 e. The number of amides is 2. The van der Waals surface area contributed by atoms with Crippen LogP contribution in [0.2, 0.25) is 5.02 Å². The van der Waals surface area contributed by atoms with E-state index < -0.39 is 29.6 Å². The summed E-state index contributed by atoms with van der Waals surface area (Å²) in [6.45, 7) is 5.71. The van der Waals surface area contributed by atoms with Gasteiger partial charge in [-0.15, -0.1) is 0 Å². The second kappa shape index (κ2) is 13.0. The van der Waals surface area contributed by atoms with E-state index in [4.69, 9.17) is 21.1 Å². The van der Waals surface area contributed by atoms with Crippen LogP contribution in [0.1, 0.15) is 64.3 Å². The lowest BCUT2D eigenvalue weighted by atomic mass is 9.61. The average Bonchev–Trinajstić information content (AvgIpc) is 3.78. The lowest BCUT2D eigenvalue weighted by Gasteiger charge is -2.46. The standard InChI is InChI=1S/C33H38ClF2N9O4/c1-31(2,3)17-33(32(4)9-7-19(8-10-32)21-12-40-44(13-21)28(35)36)27(46)45(29(37)42-33)25(16-49-30(47)41-22-14-48-15-22)20-5-6-24(34)23(11-20)26-38-18-39-43-26/h5-9,11-13,18,22,25,28H,10,14-17H2,1-4H3,(H2,37,42)(H,41,47)(H,38,39,43)/t25-,32?,33+/m1/s1. The van der Waals surface area contributed by atoms with Crippen molar-refractivity contribution >= 4 is 35.1 Å². The van der Waals surface area contributed by atoms with E-state index in [0.29, 0.717) is 63.8 Å². The quantitative estimate of drug-likeness (QED) is 0.217. The maximum absolute atomic E-state index is 15.1. The molecule has 13 nitrogen and oxygen atoms in total. The van der Waals surface area contributed by atoms with Crippen molar-refractivity contribution in [1.29, 1.82) is 5.41 Å². The van der Waals surface area contributed by atoms with E-state index in [2.05, 4.69) is 30.9 Å². The Bertz CT molecular complexity index is 1800. The van der Waals surface area contributed by atoms with Crippen LogP contribution < -0.4 is 10.6 Å². The fourth-order valence-corrected chi connectivity index (χ4v) is 6.76. The van der Waals surface area contributed by atoms with Gasteiger partial charge in [0.05, 0.1) is 36.5 Å². The number of allylic oxidation sites excluding steroid dienone is 3. The highest BCUT2D eigenvalue weighted by molar-refractivity contribution is 6.33. The van der Waals surface area contributed by atoms with Crippen molar-refractivity contribution in [2.45, 2.75) is 64.7 Å². The van der Waals surface area contributed by atoms with Crippen molar-refractivity contribution in [3.63, 3.8) is 0 Å². The van der Waals surface area contributed by atoms with Gasteiger partial charge in [-0.25, -0.2) is 14.5 Å². The Kier molecular flexibility index (Phi) is 9.09. The van der Waals surface area contributed by atoms with Gasteiger partial charge in [0, 0.05) is 22.7 Å². The molecular weight excluding hydrogens is 660 g/mol. The molecule has 2 saturated heterocycles. The molecular formula is C33H38ClF2N9O4. The summed E-state index contributed by atoms with van der Waals surface area (Å²) in [5.74, 6) is -0.132. The van der Waals surface area contributed by atoms with Crippen molar-refractivity contribution in [3.05, 3.63) is 71.3 Å². The molecule has 1 aliphatic carbocycles. The minimum absolute atomic E-state index is 0.158. The number of alkyl carbamates (subject to hydrolysis) is 1. The van der Waals surface area contributed by atoms with Gasteiger partial charge in [0.25, 0.3) is 5.91 Å². The summed E-state index contributed by atoms with van der Waals surface area (Å²) >= 11 is 6.54. The third-order valence-electron chi connectivity index (χ3n) is 9.13. The molecule has 4 N–H and O–H groups in total. The largest absolute Gasteiger partial charge is 0.447 e. The first-order valence-corrected chi connectivity index (χ1v) is 16.2. The molecule has 3 aromatic rings. The lowest BCUT2D eigenvalue weighted by Crippen LogP contribution is -2.60. The Labute approximate surface area is 286 Å². The van der Waals surface area contributed by atoms with Gasteiger partial charge in [0.2, 0.25) is 0 Å². The van der Waals surface area contributed by atoms with E-state index in [9.17, 15) is 19.0 Å². The Balaban J connectivity index is 1.36. The zero-order valence-electron chi connectivity index (χ0n) is 27.5. The predicted octanol–water partition coefficient (Wildman–Crippen LogP) is 5.47. The van der Waals surface area contributed by atoms with Gasteiger partial charge < -0.3 is 20.1 Å². The van der Waals surface area contributed by atoms with Gasteiger partial charge >= 0.3 is 12.6 Å². The molecule has 6 rings (SSSR count). The second-order valence-electron chi connectivity index (χ2n) is 14.0. The van der Waals surface area contributed by atoms with Crippen molar-refractivity contribution in [1.82, 2.24) is 40.5 Å². The number of hydrogen-bond acceptors (Lipinski definition) is 8. The van der Waals surface area contributed by atoms with Gasteiger partial charge in [-0.2, -0.15) is 19.0 Å². The molecule has 3 atom stereocenters. The summed E-state index contributed by atoms with van der Waals surface area (Å²) in [7, 11) is 0. The third kappa shape index (κ3) is 6.69. The molecule has 2 aliphatic heterocycles. The maximum Gasteiger partial charge on any atom is 0.407 e. The van der Waals surface area contributed by atoms with E-state index >= 15 is 4.79 Å². The average molecular weight is 698 g/mol. The Morgan fingerprint density at radius 2 is 2.08 bits per heavy atom. The van der Waals surface area contributed by atoms with Crippen LogP contribution in [0.5, 0.6) is 0 Å². The highest BCUT2D eigenvalue weighted by Gasteiger charge is 2.61. The number of H-pyrrole nitrogens is 1. The van der Waals surface area contributed by atoms with Crippen LogP contribution in [0.25, 0.3) is 17.0 Å². The van der Waals surface area contributed by atoms with Crippen LogP contribution in [0.3, 0.4) is 0 Å². The number of alkyl halides is 2. The summed E-state index contributed by atoms with van der Waals surface area (Å²) in [6, 6.07) is 4.00. The van der Waals surface area contributed by atoms with Gasteiger partial charge in [-0.05, 0) is 41.5 Å². The van der Waals surface area contributed by atoms with Crippen LogP contribution in [-0.4, -0.2) is 79.2 Å². The first-order valence-electron chi connectivity index (χ1n) is 15.8. The molecule has 1 unspecified atom stereocenters. The van der Waals surface area contributed by atoms with Gasteiger partial charge in [-0.1, -0.05) is 63.6 Å². The molecule has 2 amide bonds. The number of nitrogens with one attached hydrogen (secondary N) is 4. The Morgan fingerprint density at radius 3 is 2.67 bits per heavy atom. The van der Waals surface area contributed by atoms with Crippen LogP contribution in [-0.2, 0) is 14.3 Å². The Hall–Kier alpha value is -4.63. The predicted molar refractivity (Wildman–Crippen MR) is 176 cm³/mol. The fourth-order valence-electron chi connectivity index (χ4n) is 6.55. The summed E-state index contributed by atoms with van der Waals surface area (Å²) in [6.07, 6.45) is 9.64. The highest BCUT2D eigenvalue weighted by atomic mass is 35.5. The molecule has 49 heavy (non-hydrogen) atoms. The number of guanidine groups is 1. The number of aromatic amines is 1. The number of halogens is 3. The summed E-state index contributed by atoms with van der Waals surface area (Å²) < 4.78 is 37.8. The highest BCUT2D eigenvalue weighted by Crippen LogP contribution is 2.50. The summed E-state index contributed by atoms with van der Waals surface area (Å²) in [4.78, 5) is 33.4. The topological polar surface area (TPSA) is 163 Å². The number of ether oxygens (including phenoxy) is 2. The number of nitrogens with zero attached hydrogens (tertiary/aromatic N) is 5. The van der Waals surface area contributed by atoms with E-state index in [-0.39, 0.29) is 29.9 Å². The van der Waals surface area contributed by atoms with E-state index in [1.165, 1.54) is 23.6 Å². The molecule has 0 spiro atoms. The zero-order chi connectivity index (χ0) is 35.1. The molecule has 16 heteroatoms. The molecule has 0 bridgehead atoms. The van der Waals surface area contributed by atoms with Crippen molar-refractivity contribution in [2.75, 3.05) is 19.8 Å². The number of aromatic nitrogens is 5. The van der Waals surface area contributed by atoms with Crippen molar-refractivity contribution in [2.24, 2.45) is 10.8 Å². The molecule has 2 aromatic heterocycles. The third-order valence-corrected chi connectivity index (χ3v) is 9.46. The monoisotopic (exact) mass is 697 g/mol. The molecule has 0 saturated carbocycles. The molecule has 0 radical (unpaired) electrons. The van der Waals surface area contributed by atoms with Crippen LogP contribution in [0, 0.1) is 16.2 Å². The van der Waals surface area contributed by atoms with E-state index in [1.807, 2.05) is 39.8 Å². The van der Waals surface area contributed by atoms with E-state index in [1.54, 1.807) is 24.3 Å². The lowest BCUT2D eigenvalue weighted by molar-refractivity contribution is -0.138. The van der Waals surface area contributed by atoms with Crippen LogP contribution in [0.15, 0.2) is 55.1 Å². The number of carbonyl (C=O) groups excluding carboxylic acids is 2. The van der Waals surface area contributed by atoms with Crippen molar-refractivity contribution < 1.29 is 27.8 Å². The van der Waals surface area contributed by atoms with Crippen molar-refractivity contribution in [3.8, 4) is 11.4 Å². The number of benzene rings is 1. The normalized spacial score (nSPS) is 23.3. The first kappa shape index (κ1) is 34.2. The minimum Gasteiger partial charge on any atom is -0.447 e. The van der Waals surface area contributed by atoms with Gasteiger partial charge in [0.15, 0.2) is 11.8 Å². The molecule has 3 aliphatic rings. The Morgan fingerprint density at radius 1 is 1.31 bits per heavy atom. The summed E-state index contributed by atoms with van der Waals surface area (Å²) in [5, 5.41) is 26.1.